The molecule has 1 heterocycles. The predicted octanol–water partition coefficient (Wildman–Crippen LogP) is 2.86. The number of aryl methyl sites for hydroxylation is 2. The Labute approximate surface area is 140 Å². The third-order valence-electron chi connectivity index (χ3n) is 3.51. The maximum Gasteiger partial charge on any atom is 0.240 e. The summed E-state index contributed by atoms with van der Waals surface area (Å²) in [4.78, 5) is 0.112. The van der Waals surface area contributed by atoms with Crippen molar-refractivity contribution in [3.63, 3.8) is 0 Å². The molecule has 0 amide bonds. The molecular formula is C15H19ClN2O4S. The fourth-order valence-electron chi connectivity index (χ4n) is 2.23. The van der Waals surface area contributed by atoms with Crippen LogP contribution in [0.5, 0.6) is 5.75 Å². The zero-order chi connectivity index (χ0) is 17.0. The second-order valence-corrected chi connectivity index (χ2v) is 7.27. The summed E-state index contributed by atoms with van der Waals surface area (Å²) in [5.41, 5.74) is 1.86. The maximum absolute atomic E-state index is 12.2. The van der Waals surface area contributed by atoms with Gasteiger partial charge in [-0.05, 0) is 44.9 Å². The van der Waals surface area contributed by atoms with Crippen LogP contribution in [0, 0.1) is 13.8 Å². The second-order valence-electron chi connectivity index (χ2n) is 5.10. The zero-order valence-electron chi connectivity index (χ0n) is 13.2. The van der Waals surface area contributed by atoms with Gasteiger partial charge in [0.15, 0.2) is 0 Å². The Kier molecular flexibility index (Phi) is 5.67. The number of aromatic nitrogens is 1. The van der Waals surface area contributed by atoms with Gasteiger partial charge in [0.2, 0.25) is 10.0 Å². The molecule has 0 aliphatic rings. The van der Waals surface area contributed by atoms with E-state index in [0.29, 0.717) is 25.1 Å². The van der Waals surface area contributed by atoms with E-state index in [1.54, 1.807) is 0 Å². The molecule has 0 fully saturated rings. The molecule has 0 bridgehead atoms. The highest BCUT2D eigenvalue weighted by Gasteiger charge is 2.16. The van der Waals surface area contributed by atoms with Crippen LogP contribution in [0.25, 0.3) is 0 Å². The van der Waals surface area contributed by atoms with Crippen molar-refractivity contribution in [1.29, 1.82) is 0 Å². The smallest absolute Gasteiger partial charge is 0.240 e. The minimum absolute atomic E-state index is 0.112. The Balaban J connectivity index is 1.95. The van der Waals surface area contributed by atoms with E-state index in [9.17, 15) is 8.42 Å². The number of sulfonamides is 1. The number of nitrogens with zero attached hydrogens (tertiary/aromatic N) is 1. The largest absolute Gasteiger partial charge is 0.495 e. The third kappa shape index (κ3) is 4.25. The van der Waals surface area contributed by atoms with Crippen LogP contribution in [0.3, 0.4) is 0 Å². The third-order valence-corrected chi connectivity index (χ3v) is 5.26. The number of benzene rings is 1. The molecule has 1 aromatic carbocycles. The van der Waals surface area contributed by atoms with Gasteiger partial charge in [-0.2, -0.15) is 0 Å². The van der Waals surface area contributed by atoms with Crippen LogP contribution in [0.2, 0.25) is 5.02 Å². The van der Waals surface area contributed by atoms with E-state index >= 15 is 0 Å². The number of nitrogens with one attached hydrogen (secondary N) is 1. The van der Waals surface area contributed by atoms with Crippen LogP contribution in [0.4, 0.5) is 0 Å². The number of methoxy groups -OCH3 is 1. The number of rotatable bonds is 7. The molecule has 2 aromatic rings. The molecule has 0 spiro atoms. The van der Waals surface area contributed by atoms with Crippen LogP contribution in [0.15, 0.2) is 27.6 Å². The van der Waals surface area contributed by atoms with E-state index in [2.05, 4.69) is 9.88 Å². The quantitative estimate of drug-likeness (QED) is 0.769. The van der Waals surface area contributed by atoms with Crippen molar-refractivity contribution in [3.05, 3.63) is 40.2 Å². The first-order valence-corrected chi connectivity index (χ1v) is 8.96. The zero-order valence-corrected chi connectivity index (χ0v) is 14.8. The molecule has 0 saturated carbocycles. The van der Waals surface area contributed by atoms with Crippen LogP contribution >= 0.6 is 11.6 Å². The Hall–Kier alpha value is -1.57. The van der Waals surface area contributed by atoms with E-state index in [1.165, 1.54) is 25.3 Å². The van der Waals surface area contributed by atoms with Crippen molar-refractivity contribution in [2.45, 2.75) is 31.6 Å². The second kappa shape index (κ2) is 7.33. The molecule has 0 aliphatic carbocycles. The van der Waals surface area contributed by atoms with Gasteiger partial charge in [0.25, 0.3) is 0 Å². The van der Waals surface area contributed by atoms with Crippen LogP contribution in [-0.4, -0.2) is 27.2 Å². The highest BCUT2D eigenvalue weighted by molar-refractivity contribution is 7.89. The topological polar surface area (TPSA) is 81.4 Å². The Morgan fingerprint density at radius 1 is 1.35 bits per heavy atom. The molecular weight excluding hydrogens is 340 g/mol. The monoisotopic (exact) mass is 358 g/mol. The Morgan fingerprint density at radius 3 is 2.65 bits per heavy atom. The van der Waals surface area contributed by atoms with Gasteiger partial charge in [0.1, 0.15) is 11.5 Å². The van der Waals surface area contributed by atoms with Gasteiger partial charge in [-0.15, -0.1) is 0 Å². The fourth-order valence-corrected chi connectivity index (χ4v) is 3.65. The summed E-state index contributed by atoms with van der Waals surface area (Å²) in [6.45, 7) is 4.03. The highest BCUT2D eigenvalue weighted by atomic mass is 35.5. The number of halogens is 1. The van der Waals surface area contributed by atoms with Gasteiger partial charge < -0.3 is 9.26 Å². The molecule has 0 saturated heterocycles. The van der Waals surface area contributed by atoms with Crippen LogP contribution < -0.4 is 9.46 Å². The average Bonchev–Trinajstić information content (AvgIpc) is 2.82. The molecule has 0 atom stereocenters. The first-order valence-electron chi connectivity index (χ1n) is 7.10. The van der Waals surface area contributed by atoms with Gasteiger partial charge >= 0.3 is 0 Å². The van der Waals surface area contributed by atoms with E-state index in [1.807, 2.05) is 13.8 Å². The number of ether oxygens (including phenoxy) is 1. The first-order chi connectivity index (χ1) is 10.8. The van der Waals surface area contributed by atoms with E-state index < -0.39 is 10.0 Å². The van der Waals surface area contributed by atoms with Gasteiger partial charge in [-0.1, -0.05) is 16.8 Å². The van der Waals surface area contributed by atoms with Crippen molar-refractivity contribution in [2.24, 2.45) is 0 Å². The summed E-state index contributed by atoms with van der Waals surface area (Å²) in [5, 5.41) is 4.13. The molecule has 23 heavy (non-hydrogen) atoms. The lowest BCUT2D eigenvalue weighted by molar-refractivity contribution is 0.392. The van der Waals surface area contributed by atoms with E-state index in [0.717, 1.165) is 17.0 Å². The summed E-state index contributed by atoms with van der Waals surface area (Å²) >= 11 is 5.96. The van der Waals surface area contributed by atoms with Crippen molar-refractivity contribution < 1.29 is 17.7 Å². The fraction of sp³-hybridized carbons (Fsp3) is 0.400. The summed E-state index contributed by atoms with van der Waals surface area (Å²) in [6.07, 6.45) is 1.35. The molecule has 126 valence electrons. The summed E-state index contributed by atoms with van der Waals surface area (Å²) in [5.74, 6) is 1.20. The first kappa shape index (κ1) is 17.8. The minimum atomic E-state index is -3.60. The predicted molar refractivity (Wildman–Crippen MR) is 87.5 cm³/mol. The van der Waals surface area contributed by atoms with Crippen molar-refractivity contribution in [1.82, 2.24) is 9.88 Å². The molecule has 0 unspecified atom stereocenters. The molecule has 1 aromatic heterocycles. The lowest BCUT2D eigenvalue weighted by Crippen LogP contribution is -2.25. The number of hydrogen-bond acceptors (Lipinski definition) is 5. The van der Waals surface area contributed by atoms with Crippen molar-refractivity contribution in [2.75, 3.05) is 13.7 Å². The molecule has 6 nitrogen and oxygen atoms in total. The van der Waals surface area contributed by atoms with Gasteiger partial charge in [0, 0.05) is 12.1 Å². The lowest BCUT2D eigenvalue weighted by atomic mass is 10.1. The van der Waals surface area contributed by atoms with Gasteiger partial charge in [-0.25, -0.2) is 13.1 Å². The van der Waals surface area contributed by atoms with E-state index in [4.69, 9.17) is 20.9 Å². The SMILES string of the molecule is COc1ccc(S(=O)(=O)NCCCc2c(C)noc2C)cc1Cl. The summed E-state index contributed by atoms with van der Waals surface area (Å²) in [7, 11) is -2.12. The van der Waals surface area contributed by atoms with Gasteiger partial charge in [-0.3, -0.25) is 0 Å². The Morgan fingerprint density at radius 2 is 2.09 bits per heavy atom. The molecule has 2 rings (SSSR count). The molecule has 0 aliphatic heterocycles. The molecule has 8 heteroatoms. The summed E-state index contributed by atoms with van der Waals surface area (Å²) in [6, 6.07) is 4.36. The normalized spacial score (nSPS) is 11.7. The minimum Gasteiger partial charge on any atom is -0.495 e. The average molecular weight is 359 g/mol. The number of hydrogen-bond donors (Lipinski definition) is 1. The van der Waals surface area contributed by atoms with E-state index in [-0.39, 0.29) is 9.92 Å². The molecule has 0 radical (unpaired) electrons. The van der Waals surface area contributed by atoms with Crippen LogP contribution in [-0.2, 0) is 16.4 Å². The van der Waals surface area contributed by atoms with Crippen LogP contribution in [0.1, 0.15) is 23.4 Å². The Bertz CT molecular complexity index is 767. The molecule has 1 N–H and O–H groups in total. The van der Waals surface area contributed by atoms with Crippen molar-refractivity contribution in [3.8, 4) is 5.75 Å². The maximum atomic E-state index is 12.2. The standard InChI is InChI=1S/C15H19ClN2O4S/c1-10-13(11(2)22-18-10)5-4-8-17-23(19,20)12-6-7-15(21-3)14(16)9-12/h6-7,9,17H,4-5,8H2,1-3H3. The van der Waals surface area contributed by atoms with Crippen molar-refractivity contribution >= 4 is 21.6 Å². The highest BCUT2D eigenvalue weighted by Crippen LogP contribution is 2.26. The summed E-state index contributed by atoms with van der Waals surface area (Å²) < 4.78 is 37.1. The lowest BCUT2D eigenvalue weighted by Gasteiger charge is -2.09. The van der Waals surface area contributed by atoms with Gasteiger partial charge in [0.05, 0.1) is 22.7 Å².